The zero-order valence-electron chi connectivity index (χ0n) is 9.08. The maximum atomic E-state index is 5.29. The van der Waals surface area contributed by atoms with Crippen LogP contribution in [0.2, 0.25) is 0 Å². The van der Waals surface area contributed by atoms with Gasteiger partial charge in [0, 0.05) is 15.0 Å². The number of hydrogen-bond donors (Lipinski definition) is 0. The van der Waals surface area contributed by atoms with E-state index >= 15 is 0 Å². The summed E-state index contributed by atoms with van der Waals surface area (Å²) in [6.07, 6.45) is 0. The second kappa shape index (κ2) is 4.41. The lowest BCUT2D eigenvalue weighted by Crippen LogP contribution is -2.26. The number of halogens is 1. The van der Waals surface area contributed by atoms with Crippen molar-refractivity contribution in [1.82, 2.24) is 0 Å². The van der Waals surface area contributed by atoms with Crippen LogP contribution in [0.3, 0.4) is 0 Å². The number of rotatable bonds is 2. The fraction of sp³-hybridized carbons (Fsp3) is 0.455. The van der Waals surface area contributed by atoms with E-state index in [1.165, 1.54) is 14.2 Å². The first kappa shape index (κ1) is 11.4. The van der Waals surface area contributed by atoms with Crippen molar-refractivity contribution in [3.63, 3.8) is 0 Å². The Hall–Kier alpha value is -0.100. The van der Waals surface area contributed by atoms with E-state index in [1.54, 1.807) is 7.11 Å². The van der Waals surface area contributed by atoms with Crippen LogP contribution < -0.4 is 9.64 Å². The molecule has 1 aromatic rings. The standard InChI is InChI=1S/C11H14INOS/c1-4-13-7(2)15-10-6-8(14-3)5-9(12)11(10)13/h5-7H,4H2,1-3H3. The zero-order chi connectivity index (χ0) is 11.0. The molecule has 1 aliphatic rings. The molecule has 2 rings (SSSR count). The van der Waals surface area contributed by atoms with Gasteiger partial charge >= 0.3 is 0 Å². The van der Waals surface area contributed by atoms with E-state index in [-0.39, 0.29) is 0 Å². The van der Waals surface area contributed by atoms with Crippen LogP contribution in [-0.2, 0) is 0 Å². The Labute approximate surface area is 109 Å². The Morgan fingerprint density at radius 3 is 2.87 bits per heavy atom. The summed E-state index contributed by atoms with van der Waals surface area (Å²) in [5, 5.41) is 0.533. The third-order valence-electron chi connectivity index (χ3n) is 2.60. The average molecular weight is 335 g/mol. The van der Waals surface area contributed by atoms with Gasteiger partial charge in [0.25, 0.3) is 0 Å². The predicted molar refractivity (Wildman–Crippen MR) is 74.1 cm³/mol. The van der Waals surface area contributed by atoms with Crippen LogP contribution in [0.1, 0.15) is 13.8 Å². The van der Waals surface area contributed by atoms with Crippen LogP contribution >= 0.6 is 34.4 Å². The normalized spacial score (nSPS) is 19.2. The summed E-state index contributed by atoms with van der Waals surface area (Å²) in [6, 6.07) is 4.23. The average Bonchev–Trinajstić information content (AvgIpc) is 2.53. The van der Waals surface area contributed by atoms with E-state index in [4.69, 9.17) is 4.74 Å². The van der Waals surface area contributed by atoms with Crippen molar-refractivity contribution in [2.24, 2.45) is 0 Å². The highest BCUT2D eigenvalue weighted by Gasteiger charge is 2.28. The number of fused-ring (bicyclic) bond motifs is 1. The highest BCUT2D eigenvalue weighted by atomic mass is 127. The minimum Gasteiger partial charge on any atom is -0.497 e. The third-order valence-corrected chi connectivity index (χ3v) is 4.59. The molecule has 0 aliphatic carbocycles. The first-order valence-electron chi connectivity index (χ1n) is 4.98. The summed E-state index contributed by atoms with van der Waals surface area (Å²) in [6.45, 7) is 5.51. The van der Waals surface area contributed by atoms with Crippen LogP contribution in [0.4, 0.5) is 5.69 Å². The number of ether oxygens (including phenoxy) is 1. The monoisotopic (exact) mass is 335 g/mol. The Morgan fingerprint density at radius 1 is 1.53 bits per heavy atom. The van der Waals surface area contributed by atoms with E-state index in [2.05, 4.69) is 53.5 Å². The minimum atomic E-state index is 0.533. The van der Waals surface area contributed by atoms with Crippen molar-refractivity contribution in [3.8, 4) is 5.75 Å². The van der Waals surface area contributed by atoms with Crippen LogP contribution in [0.25, 0.3) is 0 Å². The van der Waals surface area contributed by atoms with Crippen molar-refractivity contribution in [2.45, 2.75) is 24.1 Å². The molecule has 2 nitrogen and oxygen atoms in total. The van der Waals surface area contributed by atoms with E-state index in [0.717, 1.165) is 12.3 Å². The number of anilines is 1. The summed E-state index contributed by atoms with van der Waals surface area (Å²) in [7, 11) is 1.72. The largest absolute Gasteiger partial charge is 0.497 e. The lowest BCUT2D eigenvalue weighted by molar-refractivity contribution is 0.413. The highest BCUT2D eigenvalue weighted by Crippen LogP contribution is 2.47. The van der Waals surface area contributed by atoms with Gasteiger partial charge in [-0.1, -0.05) is 11.8 Å². The smallest absolute Gasteiger partial charge is 0.121 e. The molecule has 15 heavy (non-hydrogen) atoms. The molecule has 4 heteroatoms. The maximum absolute atomic E-state index is 5.29. The summed E-state index contributed by atoms with van der Waals surface area (Å²) < 4.78 is 6.57. The first-order valence-corrected chi connectivity index (χ1v) is 6.94. The Balaban J connectivity index is 2.49. The molecule has 0 spiro atoms. The summed E-state index contributed by atoms with van der Waals surface area (Å²) in [4.78, 5) is 3.77. The molecular weight excluding hydrogens is 321 g/mol. The minimum absolute atomic E-state index is 0.533. The molecule has 1 heterocycles. The molecule has 1 aliphatic heterocycles. The fourth-order valence-corrected chi connectivity index (χ4v) is 4.24. The second-order valence-electron chi connectivity index (χ2n) is 3.46. The van der Waals surface area contributed by atoms with Crippen molar-refractivity contribution in [2.75, 3.05) is 18.6 Å². The first-order chi connectivity index (χ1) is 7.17. The Morgan fingerprint density at radius 2 is 2.27 bits per heavy atom. The molecule has 1 atom stereocenters. The molecule has 0 N–H and O–H groups in total. The van der Waals surface area contributed by atoms with Crippen molar-refractivity contribution < 1.29 is 4.74 Å². The maximum Gasteiger partial charge on any atom is 0.121 e. The number of nitrogens with zero attached hydrogens (tertiary/aromatic N) is 1. The molecule has 1 unspecified atom stereocenters. The topological polar surface area (TPSA) is 12.5 Å². The van der Waals surface area contributed by atoms with Gasteiger partial charge in [0.2, 0.25) is 0 Å². The lowest BCUT2D eigenvalue weighted by atomic mass is 10.2. The zero-order valence-corrected chi connectivity index (χ0v) is 12.1. The predicted octanol–water partition coefficient (Wildman–Crippen LogP) is 3.58. The molecule has 0 aromatic heterocycles. The van der Waals surface area contributed by atoms with Crippen LogP contribution in [0, 0.1) is 3.57 Å². The van der Waals surface area contributed by atoms with E-state index in [9.17, 15) is 0 Å². The SMILES string of the molecule is CCN1c2c(I)cc(OC)cc2SC1C. The van der Waals surface area contributed by atoms with Crippen LogP contribution in [0.5, 0.6) is 5.75 Å². The molecule has 0 saturated heterocycles. The molecule has 0 amide bonds. The van der Waals surface area contributed by atoms with Gasteiger partial charge < -0.3 is 9.64 Å². The van der Waals surface area contributed by atoms with Gasteiger partial charge in [0.15, 0.2) is 0 Å². The van der Waals surface area contributed by atoms with Gasteiger partial charge in [-0.05, 0) is 48.6 Å². The molecule has 0 bridgehead atoms. The highest BCUT2D eigenvalue weighted by molar-refractivity contribution is 14.1. The van der Waals surface area contributed by atoms with Gasteiger partial charge in [0.05, 0.1) is 18.2 Å². The van der Waals surface area contributed by atoms with Crippen molar-refractivity contribution in [1.29, 1.82) is 0 Å². The Kier molecular flexibility index (Phi) is 3.35. The Bertz CT molecular complexity index is 383. The van der Waals surface area contributed by atoms with Gasteiger partial charge in [0.1, 0.15) is 5.75 Å². The van der Waals surface area contributed by atoms with Crippen molar-refractivity contribution >= 4 is 40.0 Å². The van der Waals surface area contributed by atoms with Gasteiger partial charge in [-0.15, -0.1) is 0 Å². The van der Waals surface area contributed by atoms with Gasteiger partial charge in [-0.2, -0.15) is 0 Å². The molecule has 0 radical (unpaired) electrons. The quantitative estimate of drug-likeness (QED) is 0.767. The number of thioether (sulfide) groups is 1. The molecule has 0 fully saturated rings. The fourth-order valence-electron chi connectivity index (χ4n) is 1.88. The number of hydrogen-bond acceptors (Lipinski definition) is 3. The summed E-state index contributed by atoms with van der Waals surface area (Å²) >= 11 is 4.30. The molecular formula is C11H14INOS. The summed E-state index contributed by atoms with van der Waals surface area (Å²) in [5.74, 6) is 0.954. The van der Waals surface area contributed by atoms with Crippen molar-refractivity contribution in [3.05, 3.63) is 15.7 Å². The summed E-state index contributed by atoms with van der Waals surface area (Å²) in [5.41, 5.74) is 1.37. The van der Waals surface area contributed by atoms with E-state index in [1.807, 2.05) is 11.8 Å². The lowest BCUT2D eigenvalue weighted by Gasteiger charge is -2.22. The molecule has 82 valence electrons. The number of benzene rings is 1. The molecule has 0 saturated carbocycles. The third kappa shape index (κ3) is 1.93. The van der Waals surface area contributed by atoms with Crippen LogP contribution in [-0.4, -0.2) is 19.0 Å². The second-order valence-corrected chi connectivity index (χ2v) is 5.98. The van der Waals surface area contributed by atoms with Gasteiger partial charge in [-0.3, -0.25) is 0 Å². The van der Waals surface area contributed by atoms with Crippen LogP contribution in [0.15, 0.2) is 17.0 Å². The van der Waals surface area contributed by atoms with E-state index in [0.29, 0.717) is 5.37 Å². The van der Waals surface area contributed by atoms with Gasteiger partial charge in [-0.25, -0.2) is 0 Å². The van der Waals surface area contributed by atoms with E-state index < -0.39 is 0 Å². The number of methoxy groups -OCH3 is 1. The molecule has 1 aromatic carbocycles.